The second kappa shape index (κ2) is 4.97. The molecule has 0 spiro atoms. The van der Waals surface area contributed by atoms with Crippen molar-refractivity contribution in [2.45, 2.75) is 6.54 Å². The quantitative estimate of drug-likeness (QED) is 0.747. The highest BCUT2D eigenvalue weighted by Crippen LogP contribution is 2.19. The molecular formula is C13H12ClN5O. The SMILES string of the molecule is COc1ccc(Cn2cnc3c(N)nc(Cl)nc32)cc1. The third-order valence-corrected chi connectivity index (χ3v) is 3.14. The molecule has 3 rings (SSSR count). The van der Waals surface area contributed by atoms with E-state index in [0.717, 1.165) is 11.3 Å². The van der Waals surface area contributed by atoms with Gasteiger partial charge in [-0.1, -0.05) is 12.1 Å². The molecule has 0 saturated carbocycles. The van der Waals surface area contributed by atoms with Gasteiger partial charge in [-0.3, -0.25) is 0 Å². The first kappa shape index (κ1) is 12.7. The average molecular weight is 290 g/mol. The predicted molar refractivity (Wildman–Crippen MR) is 76.8 cm³/mol. The summed E-state index contributed by atoms with van der Waals surface area (Å²) in [6.07, 6.45) is 1.68. The number of hydrogen-bond donors (Lipinski definition) is 1. The zero-order valence-corrected chi connectivity index (χ0v) is 11.5. The summed E-state index contributed by atoms with van der Waals surface area (Å²) in [7, 11) is 1.64. The van der Waals surface area contributed by atoms with Crippen LogP contribution in [0, 0.1) is 0 Å². The maximum atomic E-state index is 5.84. The molecule has 2 heterocycles. The van der Waals surface area contributed by atoms with E-state index >= 15 is 0 Å². The molecule has 0 aliphatic carbocycles. The smallest absolute Gasteiger partial charge is 0.226 e. The van der Waals surface area contributed by atoms with Crippen LogP contribution >= 0.6 is 11.6 Å². The van der Waals surface area contributed by atoms with Crippen LogP contribution in [0.3, 0.4) is 0 Å². The number of halogens is 1. The first-order valence-electron chi connectivity index (χ1n) is 5.94. The molecule has 0 fully saturated rings. The molecule has 3 aromatic rings. The maximum absolute atomic E-state index is 5.84. The van der Waals surface area contributed by atoms with Crippen LogP contribution in [0.15, 0.2) is 30.6 Å². The van der Waals surface area contributed by atoms with Gasteiger partial charge in [0.1, 0.15) is 11.3 Å². The number of ether oxygens (including phenoxy) is 1. The van der Waals surface area contributed by atoms with Crippen molar-refractivity contribution in [1.29, 1.82) is 0 Å². The number of fused-ring (bicyclic) bond motifs is 1. The number of nitrogens with zero attached hydrogens (tertiary/aromatic N) is 4. The fourth-order valence-corrected chi connectivity index (χ4v) is 2.15. The number of hydrogen-bond acceptors (Lipinski definition) is 5. The number of rotatable bonds is 3. The summed E-state index contributed by atoms with van der Waals surface area (Å²) >= 11 is 5.84. The molecular weight excluding hydrogens is 278 g/mol. The Bertz CT molecular complexity index is 753. The van der Waals surface area contributed by atoms with E-state index in [-0.39, 0.29) is 11.1 Å². The van der Waals surface area contributed by atoms with E-state index in [9.17, 15) is 0 Å². The molecule has 6 nitrogen and oxygen atoms in total. The van der Waals surface area contributed by atoms with Crippen LogP contribution < -0.4 is 10.5 Å². The third kappa shape index (κ3) is 2.25. The lowest BCUT2D eigenvalue weighted by atomic mass is 10.2. The molecule has 0 aliphatic heterocycles. The van der Waals surface area contributed by atoms with Gasteiger partial charge in [0, 0.05) is 0 Å². The van der Waals surface area contributed by atoms with Crippen LogP contribution in [0.1, 0.15) is 5.56 Å². The predicted octanol–water partition coefficient (Wildman–Crippen LogP) is 2.12. The number of imidazole rings is 1. The Morgan fingerprint density at radius 1 is 1.25 bits per heavy atom. The number of anilines is 1. The summed E-state index contributed by atoms with van der Waals surface area (Å²) < 4.78 is 7.01. The molecule has 0 unspecified atom stereocenters. The molecule has 20 heavy (non-hydrogen) atoms. The lowest BCUT2D eigenvalue weighted by molar-refractivity contribution is 0.414. The second-order valence-electron chi connectivity index (χ2n) is 4.27. The molecule has 1 aromatic carbocycles. The van der Waals surface area contributed by atoms with Gasteiger partial charge in [-0.05, 0) is 29.3 Å². The highest BCUT2D eigenvalue weighted by Gasteiger charge is 2.10. The summed E-state index contributed by atoms with van der Waals surface area (Å²) in [6, 6.07) is 7.78. The molecule has 2 aromatic heterocycles. The minimum Gasteiger partial charge on any atom is -0.497 e. The van der Waals surface area contributed by atoms with Gasteiger partial charge in [-0.25, -0.2) is 4.98 Å². The van der Waals surface area contributed by atoms with E-state index < -0.39 is 0 Å². The third-order valence-electron chi connectivity index (χ3n) is 2.98. The Hall–Kier alpha value is -2.34. The summed E-state index contributed by atoms with van der Waals surface area (Å²) in [5.41, 5.74) is 8.05. The summed E-state index contributed by atoms with van der Waals surface area (Å²) in [4.78, 5) is 12.3. The van der Waals surface area contributed by atoms with Crippen molar-refractivity contribution in [3.8, 4) is 5.75 Å². The highest BCUT2D eigenvalue weighted by atomic mass is 35.5. The zero-order valence-electron chi connectivity index (χ0n) is 10.7. The van der Waals surface area contributed by atoms with Gasteiger partial charge in [-0.15, -0.1) is 0 Å². The summed E-state index contributed by atoms with van der Waals surface area (Å²) in [6.45, 7) is 0.618. The van der Waals surface area contributed by atoms with Gasteiger partial charge in [0.05, 0.1) is 20.0 Å². The molecule has 0 atom stereocenters. The van der Waals surface area contributed by atoms with Crippen molar-refractivity contribution >= 4 is 28.6 Å². The van der Waals surface area contributed by atoms with E-state index in [4.69, 9.17) is 22.1 Å². The molecule has 102 valence electrons. The Morgan fingerprint density at radius 2 is 2.00 bits per heavy atom. The molecule has 0 amide bonds. The van der Waals surface area contributed by atoms with E-state index in [1.807, 2.05) is 28.8 Å². The van der Waals surface area contributed by atoms with Crippen molar-refractivity contribution in [2.75, 3.05) is 12.8 Å². The zero-order chi connectivity index (χ0) is 14.1. The van der Waals surface area contributed by atoms with Crippen molar-refractivity contribution in [1.82, 2.24) is 19.5 Å². The minimum absolute atomic E-state index is 0.117. The first-order valence-corrected chi connectivity index (χ1v) is 6.32. The maximum Gasteiger partial charge on any atom is 0.226 e. The second-order valence-corrected chi connectivity index (χ2v) is 4.61. The van der Waals surface area contributed by atoms with Crippen LogP contribution in [0.2, 0.25) is 5.28 Å². The highest BCUT2D eigenvalue weighted by molar-refractivity contribution is 6.28. The fraction of sp³-hybridized carbons (Fsp3) is 0.154. The molecule has 2 N–H and O–H groups in total. The molecule has 7 heteroatoms. The lowest BCUT2D eigenvalue weighted by Crippen LogP contribution is -2.01. The van der Waals surface area contributed by atoms with E-state index in [1.54, 1.807) is 13.4 Å². The average Bonchev–Trinajstić information content (AvgIpc) is 2.83. The van der Waals surface area contributed by atoms with E-state index in [1.165, 1.54) is 0 Å². The van der Waals surface area contributed by atoms with Crippen LogP contribution in [0.4, 0.5) is 5.82 Å². The molecule has 0 saturated heterocycles. The van der Waals surface area contributed by atoms with E-state index in [2.05, 4.69) is 15.0 Å². The fourth-order valence-electron chi connectivity index (χ4n) is 1.98. The normalized spacial score (nSPS) is 10.9. The largest absolute Gasteiger partial charge is 0.497 e. The Balaban J connectivity index is 1.97. The molecule has 0 aliphatic rings. The number of methoxy groups -OCH3 is 1. The van der Waals surface area contributed by atoms with Gasteiger partial charge in [-0.2, -0.15) is 9.97 Å². The Morgan fingerprint density at radius 3 is 2.70 bits per heavy atom. The summed E-state index contributed by atoms with van der Waals surface area (Å²) in [5, 5.41) is 0.117. The standard InChI is InChI=1S/C13H12ClN5O/c1-20-9-4-2-8(3-5-9)6-19-7-16-10-11(15)17-13(14)18-12(10)19/h2-5,7H,6H2,1H3,(H2,15,17,18). The van der Waals surface area contributed by atoms with Gasteiger partial charge < -0.3 is 15.0 Å². The lowest BCUT2D eigenvalue weighted by Gasteiger charge is -2.05. The van der Waals surface area contributed by atoms with Gasteiger partial charge in [0.25, 0.3) is 0 Å². The van der Waals surface area contributed by atoms with Crippen molar-refractivity contribution in [2.24, 2.45) is 0 Å². The van der Waals surface area contributed by atoms with E-state index in [0.29, 0.717) is 17.7 Å². The number of nitrogens with two attached hydrogens (primary N) is 1. The van der Waals surface area contributed by atoms with Gasteiger partial charge in [0.15, 0.2) is 11.5 Å². The Kier molecular flexibility index (Phi) is 3.15. The van der Waals surface area contributed by atoms with Crippen LogP contribution in [0.25, 0.3) is 11.2 Å². The topological polar surface area (TPSA) is 78.9 Å². The van der Waals surface area contributed by atoms with Crippen LogP contribution in [-0.4, -0.2) is 26.6 Å². The minimum atomic E-state index is 0.117. The Labute approximate surface area is 120 Å². The first-order chi connectivity index (χ1) is 9.67. The van der Waals surface area contributed by atoms with Crippen molar-refractivity contribution < 1.29 is 4.74 Å². The van der Waals surface area contributed by atoms with Crippen molar-refractivity contribution in [3.63, 3.8) is 0 Å². The number of aromatic nitrogens is 4. The van der Waals surface area contributed by atoms with Crippen LogP contribution in [0.5, 0.6) is 5.75 Å². The summed E-state index contributed by atoms with van der Waals surface area (Å²) in [5.74, 6) is 1.10. The van der Waals surface area contributed by atoms with Gasteiger partial charge >= 0.3 is 0 Å². The molecule has 0 bridgehead atoms. The van der Waals surface area contributed by atoms with Crippen LogP contribution in [-0.2, 0) is 6.54 Å². The van der Waals surface area contributed by atoms with Gasteiger partial charge in [0.2, 0.25) is 5.28 Å². The monoisotopic (exact) mass is 289 g/mol. The molecule has 0 radical (unpaired) electrons. The number of nitrogen functional groups attached to an aromatic ring is 1. The number of benzene rings is 1. The van der Waals surface area contributed by atoms with Crippen molar-refractivity contribution in [3.05, 3.63) is 41.4 Å².